The van der Waals surface area contributed by atoms with E-state index < -0.39 is 5.69 Å². The number of benzene rings is 2. The van der Waals surface area contributed by atoms with E-state index in [4.69, 9.17) is 14.5 Å². The van der Waals surface area contributed by atoms with E-state index >= 15 is 0 Å². The van der Waals surface area contributed by atoms with Gasteiger partial charge in [0.1, 0.15) is 11.5 Å². The summed E-state index contributed by atoms with van der Waals surface area (Å²) in [7, 11) is 4.83. The molecule has 0 saturated carbocycles. The van der Waals surface area contributed by atoms with E-state index in [2.05, 4.69) is 0 Å². The molecule has 0 saturated heterocycles. The monoisotopic (exact) mass is 459 g/mol. The molecule has 34 heavy (non-hydrogen) atoms. The van der Waals surface area contributed by atoms with Gasteiger partial charge < -0.3 is 9.47 Å². The average Bonchev–Trinajstić information content (AvgIpc) is 3.36. The summed E-state index contributed by atoms with van der Waals surface area (Å²) in [6.45, 7) is 4.08. The number of hydrogen-bond donors (Lipinski definition) is 0. The van der Waals surface area contributed by atoms with Crippen LogP contribution in [0.5, 0.6) is 11.5 Å². The molecule has 0 radical (unpaired) electrons. The third-order valence-corrected chi connectivity index (χ3v) is 6.33. The molecule has 9 nitrogen and oxygen atoms in total. The molecule has 0 bridgehead atoms. The molecule has 174 valence electrons. The highest BCUT2D eigenvalue weighted by Gasteiger charge is 2.24. The topological polar surface area (TPSA) is 84.7 Å². The Balaban J connectivity index is 1.84. The second kappa shape index (κ2) is 7.95. The van der Waals surface area contributed by atoms with Crippen LogP contribution in [0.4, 0.5) is 0 Å². The number of fused-ring (bicyclic) bond motifs is 3. The minimum Gasteiger partial charge on any atom is -0.497 e. The first-order chi connectivity index (χ1) is 16.4. The van der Waals surface area contributed by atoms with Crippen molar-refractivity contribution < 1.29 is 9.47 Å². The van der Waals surface area contributed by atoms with E-state index in [1.165, 1.54) is 9.13 Å². The zero-order valence-corrected chi connectivity index (χ0v) is 19.7. The Hall–Kier alpha value is -4.27. The van der Waals surface area contributed by atoms with Gasteiger partial charge in [-0.2, -0.15) is 4.98 Å². The smallest absolute Gasteiger partial charge is 0.332 e. The molecule has 0 atom stereocenters. The highest BCUT2D eigenvalue weighted by atomic mass is 16.5. The number of nitrogens with zero attached hydrogens (tertiary/aromatic N) is 5. The van der Waals surface area contributed by atoms with Crippen molar-refractivity contribution in [3.05, 3.63) is 86.3 Å². The number of aryl methyl sites for hydroxylation is 2. The molecule has 0 aliphatic carbocycles. The summed E-state index contributed by atoms with van der Waals surface area (Å²) in [6, 6.07) is 15.0. The van der Waals surface area contributed by atoms with Crippen molar-refractivity contribution in [1.29, 1.82) is 0 Å². The van der Waals surface area contributed by atoms with E-state index in [1.807, 2.05) is 65.3 Å². The van der Waals surface area contributed by atoms with E-state index in [1.54, 1.807) is 27.3 Å². The van der Waals surface area contributed by atoms with E-state index in [0.29, 0.717) is 28.4 Å². The van der Waals surface area contributed by atoms with Gasteiger partial charge in [-0.1, -0.05) is 30.3 Å². The zero-order valence-electron chi connectivity index (χ0n) is 19.7. The van der Waals surface area contributed by atoms with Crippen LogP contribution in [-0.4, -0.2) is 37.3 Å². The number of ether oxygens (including phenoxy) is 2. The highest BCUT2D eigenvalue weighted by molar-refractivity contribution is 5.77. The SMILES string of the molecule is COc1ccc(-n2c(C)c(C)n3c4c(=O)n(Cc5ccccc5)c(=O)n(C)c4nc23)c(OC)c1. The van der Waals surface area contributed by atoms with Gasteiger partial charge in [-0.25, -0.2) is 4.79 Å². The van der Waals surface area contributed by atoms with Crippen molar-refractivity contribution in [2.75, 3.05) is 14.2 Å². The van der Waals surface area contributed by atoms with Crippen molar-refractivity contribution in [1.82, 2.24) is 23.1 Å². The predicted molar refractivity (Wildman–Crippen MR) is 130 cm³/mol. The first-order valence-electron chi connectivity index (χ1n) is 10.8. The Kier molecular flexibility index (Phi) is 5.04. The molecule has 0 unspecified atom stereocenters. The summed E-state index contributed by atoms with van der Waals surface area (Å²) in [4.78, 5) is 31.5. The standard InChI is InChI=1S/C25H25N5O4/c1-15-16(2)30-21-22(26-24(30)29(15)19-12-11-18(33-4)13-20(19)34-5)27(3)25(32)28(23(21)31)14-17-9-7-6-8-10-17/h6-13H,14H2,1-5H3. The maximum Gasteiger partial charge on any atom is 0.332 e. The molecule has 2 aromatic carbocycles. The normalized spacial score (nSPS) is 11.4. The van der Waals surface area contributed by atoms with E-state index in [-0.39, 0.29) is 12.1 Å². The fourth-order valence-corrected chi connectivity index (χ4v) is 4.41. The van der Waals surface area contributed by atoms with Gasteiger partial charge in [0.25, 0.3) is 5.56 Å². The van der Waals surface area contributed by atoms with Gasteiger partial charge >= 0.3 is 5.69 Å². The Morgan fingerprint density at radius 3 is 2.35 bits per heavy atom. The molecule has 5 aromatic rings. The second-order valence-corrected chi connectivity index (χ2v) is 8.18. The van der Waals surface area contributed by atoms with Gasteiger partial charge in [0.15, 0.2) is 11.2 Å². The van der Waals surface area contributed by atoms with Crippen molar-refractivity contribution >= 4 is 16.9 Å². The lowest BCUT2D eigenvalue weighted by molar-refractivity contribution is 0.393. The Morgan fingerprint density at radius 2 is 1.68 bits per heavy atom. The van der Waals surface area contributed by atoms with Gasteiger partial charge in [0.05, 0.1) is 26.5 Å². The zero-order chi connectivity index (χ0) is 24.1. The summed E-state index contributed by atoms with van der Waals surface area (Å²) in [5.74, 6) is 1.79. The minimum atomic E-state index is -0.412. The molecule has 5 rings (SSSR count). The van der Waals surface area contributed by atoms with E-state index in [0.717, 1.165) is 22.6 Å². The Labute approximate surface area is 195 Å². The third-order valence-electron chi connectivity index (χ3n) is 6.33. The summed E-state index contributed by atoms with van der Waals surface area (Å²) >= 11 is 0. The van der Waals surface area contributed by atoms with Crippen molar-refractivity contribution in [3.8, 4) is 17.2 Å². The van der Waals surface area contributed by atoms with Crippen molar-refractivity contribution in [2.45, 2.75) is 20.4 Å². The lowest BCUT2D eigenvalue weighted by Crippen LogP contribution is -2.39. The molecule has 0 aliphatic heterocycles. The number of rotatable bonds is 5. The van der Waals surface area contributed by atoms with Gasteiger partial charge in [-0.05, 0) is 31.5 Å². The molecule has 0 N–H and O–H groups in total. The van der Waals surface area contributed by atoms with Crippen LogP contribution in [0.3, 0.4) is 0 Å². The molecule has 0 fully saturated rings. The molecule has 0 spiro atoms. The summed E-state index contributed by atoms with van der Waals surface area (Å²) < 4.78 is 17.4. The van der Waals surface area contributed by atoms with Crippen LogP contribution in [0.1, 0.15) is 17.0 Å². The molecule has 0 amide bonds. The minimum absolute atomic E-state index is 0.181. The largest absolute Gasteiger partial charge is 0.497 e. The van der Waals surface area contributed by atoms with Crippen LogP contribution in [0.15, 0.2) is 58.1 Å². The van der Waals surface area contributed by atoms with Crippen LogP contribution in [-0.2, 0) is 13.6 Å². The number of aromatic nitrogens is 5. The van der Waals surface area contributed by atoms with Gasteiger partial charge in [0.2, 0.25) is 5.78 Å². The average molecular weight is 460 g/mol. The van der Waals surface area contributed by atoms with Crippen LogP contribution in [0.25, 0.3) is 22.6 Å². The lowest BCUT2D eigenvalue weighted by Gasteiger charge is -2.13. The fourth-order valence-electron chi connectivity index (χ4n) is 4.41. The second-order valence-electron chi connectivity index (χ2n) is 8.18. The van der Waals surface area contributed by atoms with Crippen LogP contribution in [0, 0.1) is 13.8 Å². The first kappa shape index (κ1) is 21.6. The predicted octanol–water partition coefficient (Wildman–Crippen LogP) is 2.82. The number of hydrogen-bond acceptors (Lipinski definition) is 5. The van der Waals surface area contributed by atoms with Gasteiger partial charge in [-0.15, -0.1) is 0 Å². The summed E-state index contributed by atoms with van der Waals surface area (Å²) in [6.07, 6.45) is 0. The van der Waals surface area contributed by atoms with Gasteiger partial charge in [0, 0.05) is 24.5 Å². The number of methoxy groups -OCH3 is 2. The maximum atomic E-state index is 13.6. The van der Waals surface area contributed by atoms with Crippen LogP contribution < -0.4 is 20.7 Å². The molecule has 0 aliphatic rings. The van der Waals surface area contributed by atoms with Gasteiger partial charge in [-0.3, -0.25) is 22.9 Å². The molecule has 3 heterocycles. The maximum absolute atomic E-state index is 13.6. The van der Waals surface area contributed by atoms with E-state index in [9.17, 15) is 9.59 Å². The first-order valence-corrected chi connectivity index (χ1v) is 10.8. The summed E-state index contributed by atoms with van der Waals surface area (Å²) in [5.41, 5.74) is 3.27. The molecular formula is C25H25N5O4. The van der Waals surface area contributed by atoms with Crippen LogP contribution >= 0.6 is 0 Å². The highest BCUT2D eigenvalue weighted by Crippen LogP contribution is 2.32. The Morgan fingerprint density at radius 1 is 0.941 bits per heavy atom. The molecule has 3 aromatic heterocycles. The third kappa shape index (κ3) is 3.04. The van der Waals surface area contributed by atoms with Crippen molar-refractivity contribution in [2.24, 2.45) is 7.05 Å². The number of imidazole rings is 2. The quantitative estimate of drug-likeness (QED) is 0.404. The van der Waals surface area contributed by atoms with Crippen LogP contribution in [0.2, 0.25) is 0 Å². The molecule has 9 heteroatoms. The molecular weight excluding hydrogens is 434 g/mol. The lowest BCUT2D eigenvalue weighted by atomic mass is 10.2. The fraction of sp³-hybridized carbons (Fsp3) is 0.240. The Bertz CT molecular complexity index is 1670. The summed E-state index contributed by atoms with van der Waals surface area (Å²) in [5, 5.41) is 0. The van der Waals surface area contributed by atoms with Crippen molar-refractivity contribution in [3.63, 3.8) is 0 Å².